The molecule has 0 radical (unpaired) electrons. The number of aromatic nitrogens is 3. The molecule has 0 unspecified atom stereocenters. The Bertz CT molecular complexity index is 1060. The van der Waals surface area contributed by atoms with Gasteiger partial charge in [-0.25, -0.2) is 0 Å². The van der Waals surface area contributed by atoms with Gasteiger partial charge in [-0.3, -0.25) is 10.1 Å². The molecule has 0 atom stereocenters. The van der Waals surface area contributed by atoms with Gasteiger partial charge in [0, 0.05) is 23.2 Å². The summed E-state index contributed by atoms with van der Waals surface area (Å²) in [4.78, 5) is 12.3. The van der Waals surface area contributed by atoms with E-state index in [-0.39, 0.29) is 12.5 Å². The second kappa shape index (κ2) is 7.27. The molecule has 0 aliphatic rings. The number of carbonyl (C=O) groups is 1. The predicted molar refractivity (Wildman–Crippen MR) is 105 cm³/mol. The molecule has 2 heterocycles. The molecule has 4 aromatic rings. The number of hydrogen-bond donors (Lipinski definition) is 1. The topological polar surface area (TPSA) is 59.8 Å². The van der Waals surface area contributed by atoms with E-state index in [4.69, 9.17) is 11.6 Å². The molecule has 130 valence electrons. The van der Waals surface area contributed by atoms with E-state index < -0.39 is 0 Å². The third kappa shape index (κ3) is 3.76. The molecule has 7 heteroatoms. The van der Waals surface area contributed by atoms with E-state index >= 15 is 0 Å². The van der Waals surface area contributed by atoms with Gasteiger partial charge in [0.2, 0.25) is 11.0 Å². The van der Waals surface area contributed by atoms with Crippen LogP contribution in [0.4, 0.5) is 5.13 Å². The van der Waals surface area contributed by atoms with Crippen LogP contribution in [0, 0.1) is 0 Å². The molecular weight excluding hydrogens is 368 g/mol. The number of rotatable bonds is 5. The Labute approximate surface area is 159 Å². The Morgan fingerprint density at radius 3 is 2.81 bits per heavy atom. The molecule has 4 rings (SSSR count). The van der Waals surface area contributed by atoms with Crippen molar-refractivity contribution in [3.63, 3.8) is 0 Å². The molecule has 0 aliphatic carbocycles. The van der Waals surface area contributed by atoms with Crippen LogP contribution in [0.25, 0.3) is 10.9 Å². The monoisotopic (exact) mass is 382 g/mol. The zero-order chi connectivity index (χ0) is 17.9. The van der Waals surface area contributed by atoms with Crippen LogP contribution >= 0.6 is 22.9 Å². The van der Waals surface area contributed by atoms with Crippen molar-refractivity contribution in [2.24, 2.45) is 0 Å². The standard InChI is InChI=1S/C19H15ClN4OS/c20-15-7-6-14-8-9-24(16(14)11-15)12-17(25)21-19-23-22-18(26-19)10-13-4-2-1-3-5-13/h1-9,11H,10,12H2,(H,21,23,25). The fraction of sp³-hybridized carbons (Fsp3) is 0.105. The Kier molecular flexibility index (Phi) is 4.69. The van der Waals surface area contributed by atoms with E-state index in [1.54, 1.807) is 0 Å². The molecule has 26 heavy (non-hydrogen) atoms. The first-order valence-corrected chi connectivity index (χ1v) is 9.27. The van der Waals surface area contributed by atoms with Crippen molar-refractivity contribution in [1.82, 2.24) is 14.8 Å². The van der Waals surface area contributed by atoms with E-state index in [1.165, 1.54) is 11.3 Å². The summed E-state index contributed by atoms with van der Waals surface area (Å²) in [6, 6.07) is 17.6. The van der Waals surface area contributed by atoms with Crippen LogP contribution < -0.4 is 5.32 Å². The van der Waals surface area contributed by atoms with Gasteiger partial charge in [-0.05, 0) is 29.1 Å². The van der Waals surface area contributed by atoms with Crippen molar-refractivity contribution in [1.29, 1.82) is 0 Å². The first-order chi connectivity index (χ1) is 12.7. The number of anilines is 1. The third-order valence-electron chi connectivity index (χ3n) is 3.96. The first-order valence-electron chi connectivity index (χ1n) is 8.08. The van der Waals surface area contributed by atoms with Crippen LogP contribution in [0.2, 0.25) is 5.02 Å². The highest BCUT2D eigenvalue weighted by Crippen LogP contribution is 2.21. The Hall–Kier alpha value is -2.70. The van der Waals surface area contributed by atoms with Crippen LogP contribution in [-0.4, -0.2) is 20.7 Å². The molecule has 1 amide bonds. The fourth-order valence-electron chi connectivity index (χ4n) is 2.75. The van der Waals surface area contributed by atoms with Gasteiger partial charge in [-0.15, -0.1) is 10.2 Å². The lowest BCUT2D eigenvalue weighted by atomic mass is 10.2. The maximum Gasteiger partial charge on any atom is 0.246 e. The molecule has 5 nitrogen and oxygen atoms in total. The van der Waals surface area contributed by atoms with Crippen molar-refractivity contribution >= 4 is 44.9 Å². The first kappa shape index (κ1) is 16.8. The van der Waals surface area contributed by atoms with Gasteiger partial charge < -0.3 is 4.57 Å². The van der Waals surface area contributed by atoms with Crippen LogP contribution in [-0.2, 0) is 17.8 Å². The Morgan fingerprint density at radius 1 is 1.12 bits per heavy atom. The van der Waals surface area contributed by atoms with Gasteiger partial charge in [0.05, 0.1) is 0 Å². The van der Waals surface area contributed by atoms with Crippen molar-refractivity contribution in [2.45, 2.75) is 13.0 Å². The summed E-state index contributed by atoms with van der Waals surface area (Å²) in [7, 11) is 0. The number of carbonyl (C=O) groups excluding carboxylic acids is 1. The summed E-state index contributed by atoms with van der Waals surface area (Å²) < 4.78 is 1.86. The number of benzene rings is 2. The van der Waals surface area contributed by atoms with E-state index in [0.29, 0.717) is 16.6 Å². The van der Waals surface area contributed by atoms with Crippen LogP contribution in [0.15, 0.2) is 60.8 Å². The third-order valence-corrected chi connectivity index (χ3v) is 5.04. The maximum absolute atomic E-state index is 12.3. The number of fused-ring (bicyclic) bond motifs is 1. The van der Waals surface area contributed by atoms with Gasteiger partial charge in [0.25, 0.3) is 0 Å². The smallest absolute Gasteiger partial charge is 0.246 e. The highest BCUT2D eigenvalue weighted by atomic mass is 35.5. The fourth-order valence-corrected chi connectivity index (χ4v) is 3.71. The number of nitrogens with one attached hydrogen (secondary N) is 1. The summed E-state index contributed by atoms with van der Waals surface area (Å²) in [5.41, 5.74) is 2.09. The molecule has 0 fully saturated rings. The minimum absolute atomic E-state index is 0.148. The zero-order valence-corrected chi connectivity index (χ0v) is 15.3. The number of halogens is 1. The molecule has 0 bridgehead atoms. The largest absolute Gasteiger partial charge is 0.338 e. The molecule has 0 saturated carbocycles. The van der Waals surface area contributed by atoms with Crippen molar-refractivity contribution < 1.29 is 4.79 Å². The average Bonchev–Trinajstić information content (AvgIpc) is 3.23. The van der Waals surface area contributed by atoms with Crippen LogP contribution in [0.5, 0.6) is 0 Å². The van der Waals surface area contributed by atoms with Gasteiger partial charge in [0.15, 0.2) is 0 Å². The van der Waals surface area contributed by atoms with Gasteiger partial charge >= 0.3 is 0 Å². The summed E-state index contributed by atoms with van der Waals surface area (Å²) in [5.74, 6) is -0.148. The SMILES string of the molecule is O=C(Cn1ccc2ccc(Cl)cc21)Nc1nnc(Cc2ccccc2)s1. The quantitative estimate of drug-likeness (QED) is 0.557. The summed E-state index contributed by atoms with van der Waals surface area (Å²) in [6.45, 7) is 0.192. The van der Waals surface area contributed by atoms with Crippen molar-refractivity contribution in [2.75, 3.05) is 5.32 Å². The van der Waals surface area contributed by atoms with Gasteiger partial charge in [-0.2, -0.15) is 0 Å². The highest BCUT2D eigenvalue weighted by Gasteiger charge is 2.11. The number of amides is 1. The predicted octanol–water partition coefficient (Wildman–Crippen LogP) is 4.38. The summed E-state index contributed by atoms with van der Waals surface area (Å²) in [5, 5.41) is 14.1. The Morgan fingerprint density at radius 2 is 1.96 bits per heavy atom. The maximum atomic E-state index is 12.3. The van der Waals surface area contributed by atoms with Crippen molar-refractivity contribution in [3.8, 4) is 0 Å². The second-order valence-electron chi connectivity index (χ2n) is 5.86. The minimum atomic E-state index is -0.148. The lowest BCUT2D eigenvalue weighted by Crippen LogP contribution is -2.18. The van der Waals surface area contributed by atoms with Crippen LogP contribution in [0.3, 0.4) is 0 Å². The second-order valence-corrected chi connectivity index (χ2v) is 7.36. The van der Waals surface area contributed by atoms with Crippen LogP contribution in [0.1, 0.15) is 10.6 Å². The lowest BCUT2D eigenvalue weighted by Gasteiger charge is -2.05. The summed E-state index contributed by atoms with van der Waals surface area (Å²) >= 11 is 7.44. The number of nitrogens with zero attached hydrogens (tertiary/aromatic N) is 3. The Balaban J connectivity index is 1.42. The zero-order valence-electron chi connectivity index (χ0n) is 13.7. The molecule has 0 aliphatic heterocycles. The molecule has 0 spiro atoms. The van der Waals surface area contributed by atoms with E-state index in [2.05, 4.69) is 15.5 Å². The molecule has 0 saturated heterocycles. The van der Waals surface area contributed by atoms with Gasteiger partial charge in [0.1, 0.15) is 11.6 Å². The van der Waals surface area contributed by atoms with E-state index in [1.807, 2.05) is 65.4 Å². The van der Waals surface area contributed by atoms with Gasteiger partial charge in [-0.1, -0.05) is 59.3 Å². The molecule has 2 aromatic carbocycles. The summed E-state index contributed by atoms with van der Waals surface area (Å²) in [6.07, 6.45) is 2.58. The molecule has 2 aromatic heterocycles. The van der Waals surface area contributed by atoms with Crippen molar-refractivity contribution in [3.05, 3.63) is 76.4 Å². The number of hydrogen-bond acceptors (Lipinski definition) is 4. The minimum Gasteiger partial charge on any atom is -0.338 e. The van der Waals surface area contributed by atoms with E-state index in [9.17, 15) is 4.79 Å². The average molecular weight is 383 g/mol. The van der Waals surface area contributed by atoms with E-state index in [0.717, 1.165) is 21.5 Å². The normalized spacial score (nSPS) is 11.0. The molecular formula is C19H15ClN4OS. The highest BCUT2D eigenvalue weighted by molar-refractivity contribution is 7.15. The molecule has 1 N–H and O–H groups in total. The lowest BCUT2D eigenvalue weighted by molar-refractivity contribution is -0.116.